The molecule has 0 aliphatic rings. The molecule has 0 radical (unpaired) electrons. The monoisotopic (exact) mass is 1170 g/mol. The molecular formula is C63H84N3O10PS3. The van der Waals surface area contributed by atoms with Gasteiger partial charge in [-0.3, -0.25) is 27.7 Å². The predicted molar refractivity (Wildman–Crippen MR) is 324 cm³/mol. The second-order valence-electron chi connectivity index (χ2n) is 23.4. The van der Waals surface area contributed by atoms with Gasteiger partial charge in [0, 0.05) is 16.7 Å². The van der Waals surface area contributed by atoms with Crippen LogP contribution in [0.2, 0.25) is 0 Å². The molecule has 0 bridgehead atoms. The quantitative estimate of drug-likeness (QED) is 0.0493. The average molecular weight is 1170 g/mol. The molecule has 0 saturated carbocycles. The largest absolute Gasteiger partial charge is 0.477 e. The minimum absolute atomic E-state index is 0.0321. The van der Waals surface area contributed by atoms with Gasteiger partial charge in [0.05, 0.1) is 31.7 Å². The number of rotatable bonds is 24. The first-order valence-corrected chi connectivity index (χ1v) is 33.3. The summed E-state index contributed by atoms with van der Waals surface area (Å²) in [6.07, 6.45) is 0. The summed E-state index contributed by atoms with van der Waals surface area (Å²) >= 11 is 0. The normalized spacial score (nSPS) is 13.3. The molecule has 434 valence electrons. The highest BCUT2D eigenvalue weighted by Gasteiger charge is 2.59. The van der Waals surface area contributed by atoms with Gasteiger partial charge in [0.2, 0.25) is 0 Å². The molecule has 6 aromatic rings. The van der Waals surface area contributed by atoms with Crippen molar-refractivity contribution in [3.63, 3.8) is 0 Å². The van der Waals surface area contributed by atoms with Crippen LogP contribution in [-0.2, 0) is 65.0 Å². The van der Waals surface area contributed by atoms with E-state index in [-0.39, 0.29) is 31.7 Å². The fraction of sp³-hybridized carbons (Fsp3) is 0.429. The van der Waals surface area contributed by atoms with Crippen LogP contribution in [0.4, 0.5) is 17.1 Å². The lowest BCUT2D eigenvalue weighted by molar-refractivity contribution is -0.140. The van der Waals surface area contributed by atoms with Gasteiger partial charge >= 0.3 is 7.82 Å². The molecule has 0 unspecified atom stereocenters. The first-order valence-electron chi connectivity index (χ1n) is 27.4. The number of phosphoric ester groups is 1. The third-order valence-electron chi connectivity index (χ3n) is 15.4. The maximum atomic E-state index is 17.9. The van der Waals surface area contributed by atoms with Crippen molar-refractivity contribution in [3.8, 4) is 0 Å². The van der Waals surface area contributed by atoms with Gasteiger partial charge in [-0.15, -0.1) is 0 Å². The molecule has 0 fully saturated rings. The van der Waals surface area contributed by atoms with E-state index in [4.69, 9.17) is 13.6 Å². The molecule has 0 spiro atoms. The molecule has 17 heteroatoms. The summed E-state index contributed by atoms with van der Waals surface area (Å²) in [6, 6.07) is 35.5. The number of nitrogens with one attached hydrogen (secondary N) is 3. The second kappa shape index (κ2) is 24.3. The Morgan fingerprint density at radius 2 is 0.512 bits per heavy atom. The van der Waals surface area contributed by atoms with Crippen LogP contribution >= 0.6 is 7.82 Å². The Hall–Kier alpha value is -5.32. The first-order chi connectivity index (χ1) is 37.1. The highest BCUT2D eigenvalue weighted by molar-refractivity contribution is 7.93. The van der Waals surface area contributed by atoms with Crippen molar-refractivity contribution in [2.75, 3.05) is 14.2 Å². The zero-order valence-electron chi connectivity index (χ0n) is 49.8. The minimum atomic E-state index is -5.37. The van der Waals surface area contributed by atoms with Crippen LogP contribution in [0.1, 0.15) is 133 Å². The molecule has 0 aromatic heterocycles. The standard InChI is InChI=1S/C63H84N3O10PS3/c1-40(2)61(41(3)4,55-34-25-49(16)37-58(55)64-78(68,69)52-28-19-46(13)20-29-52)74-77(67,75-62(42(5)6,43(7)8)56-35-26-50(17)38-59(56)65-79(70,71)53-30-21-47(14)22-31-53)76-63(44(9)10,45(11)12)57-36-27-51(18)39-60(57)66-80(72,73)54-32-23-48(15)24-33-54/h19-45,64-66H,1-18H3. The van der Waals surface area contributed by atoms with E-state index >= 15 is 4.57 Å². The van der Waals surface area contributed by atoms with Gasteiger partial charge < -0.3 is 0 Å². The Kier molecular flexibility index (Phi) is 19.4. The van der Waals surface area contributed by atoms with Gasteiger partial charge in [-0.2, -0.15) is 0 Å². The van der Waals surface area contributed by atoms with Crippen molar-refractivity contribution in [3.05, 3.63) is 177 Å². The first kappa shape index (κ1) is 63.9. The number of benzene rings is 6. The number of aryl methyl sites for hydroxylation is 6. The van der Waals surface area contributed by atoms with Crippen LogP contribution in [0, 0.1) is 77.0 Å². The van der Waals surface area contributed by atoms with Gasteiger partial charge in [0.25, 0.3) is 30.1 Å². The molecule has 80 heavy (non-hydrogen) atoms. The van der Waals surface area contributed by atoms with E-state index in [2.05, 4.69) is 14.2 Å². The lowest BCUT2D eigenvalue weighted by Crippen LogP contribution is -2.47. The molecule has 3 N–H and O–H groups in total. The third kappa shape index (κ3) is 13.1. The van der Waals surface area contributed by atoms with Gasteiger partial charge in [-0.05, 0) is 148 Å². The van der Waals surface area contributed by atoms with E-state index in [0.29, 0.717) is 16.7 Å². The van der Waals surface area contributed by atoms with Gasteiger partial charge in [0.15, 0.2) is 0 Å². The van der Waals surface area contributed by atoms with Gasteiger partial charge in [-0.25, -0.2) is 29.8 Å². The predicted octanol–water partition coefficient (Wildman–Crippen LogP) is 16.0. The Labute approximate surface area is 478 Å². The van der Waals surface area contributed by atoms with Crippen LogP contribution in [0.5, 0.6) is 0 Å². The molecular weight excluding hydrogens is 1090 g/mol. The summed E-state index contributed by atoms with van der Waals surface area (Å²) in [7, 11) is -18.1. The molecule has 0 amide bonds. The average Bonchev–Trinajstić information content (AvgIpc) is 3.34. The third-order valence-corrected chi connectivity index (χ3v) is 21.2. The van der Waals surface area contributed by atoms with E-state index < -0.39 is 90.2 Å². The maximum Gasteiger partial charge on any atom is 0.477 e. The van der Waals surface area contributed by atoms with Crippen LogP contribution in [0.3, 0.4) is 0 Å². The molecule has 6 aromatic carbocycles. The van der Waals surface area contributed by atoms with Crippen LogP contribution in [0.15, 0.2) is 142 Å². The van der Waals surface area contributed by atoms with Crippen molar-refractivity contribution in [1.29, 1.82) is 0 Å². The molecule has 0 heterocycles. The topological polar surface area (TPSA) is 183 Å². The van der Waals surface area contributed by atoms with Gasteiger partial charge in [0.1, 0.15) is 16.8 Å². The smallest absolute Gasteiger partial charge is 0.279 e. The summed E-state index contributed by atoms with van der Waals surface area (Å²) < 4.78 is 136. The van der Waals surface area contributed by atoms with E-state index in [1.165, 1.54) is 36.4 Å². The van der Waals surface area contributed by atoms with Crippen LogP contribution < -0.4 is 14.2 Å². The Morgan fingerprint density at radius 1 is 0.325 bits per heavy atom. The molecule has 13 nitrogen and oxygen atoms in total. The summed E-state index contributed by atoms with van der Waals surface area (Å²) in [4.78, 5) is 0.0962. The maximum absolute atomic E-state index is 17.9. The number of hydrogen-bond donors (Lipinski definition) is 3. The highest BCUT2D eigenvalue weighted by atomic mass is 32.2. The fourth-order valence-corrected chi connectivity index (χ4v) is 17.3. The summed E-state index contributed by atoms with van der Waals surface area (Å²) in [5.74, 6) is -3.58. The van der Waals surface area contributed by atoms with E-state index in [9.17, 15) is 25.3 Å². The number of hydrogen-bond acceptors (Lipinski definition) is 10. The Balaban J connectivity index is 1.72. The molecule has 6 rings (SSSR count). The van der Waals surface area contributed by atoms with Crippen LogP contribution in [0.25, 0.3) is 0 Å². The molecule has 0 atom stereocenters. The minimum Gasteiger partial charge on any atom is -0.279 e. The Morgan fingerprint density at radius 3 is 0.700 bits per heavy atom. The van der Waals surface area contributed by atoms with E-state index in [1.807, 2.05) is 143 Å². The highest BCUT2D eigenvalue weighted by Crippen LogP contribution is 2.69. The van der Waals surface area contributed by atoms with E-state index in [0.717, 1.165) is 33.4 Å². The SMILES string of the molecule is Cc1ccc(S(=O)(=O)Nc2cc(C)ccc2C(OP(=O)(OC(c2ccc(C)cc2NS(=O)(=O)c2ccc(C)cc2)(C(C)C)C(C)C)OC(c2ccc(C)cc2NS(=O)(=O)c2ccc(C)cc2)(C(C)C)C(C)C)(C(C)C)C(C)C)cc1. The van der Waals surface area contributed by atoms with Crippen molar-refractivity contribution in [2.24, 2.45) is 35.5 Å². The lowest BCUT2D eigenvalue weighted by Gasteiger charge is -2.51. The zero-order chi connectivity index (χ0) is 59.7. The Bertz CT molecular complexity index is 3160. The number of anilines is 3. The molecule has 0 aliphatic carbocycles. The van der Waals surface area contributed by atoms with Crippen molar-refractivity contribution < 1.29 is 43.4 Å². The zero-order valence-corrected chi connectivity index (χ0v) is 53.2. The van der Waals surface area contributed by atoms with Crippen molar-refractivity contribution in [2.45, 2.75) is 156 Å². The van der Waals surface area contributed by atoms with Crippen molar-refractivity contribution in [1.82, 2.24) is 0 Å². The fourth-order valence-electron chi connectivity index (χ4n) is 11.3. The number of phosphoric acid groups is 1. The van der Waals surface area contributed by atoms with Gasteiger partial charge in [-0.1, -0.05) is 173 Å². The molecule has 0 saturated heterocycles. The summed E-state index contributed by atoms with van der Waals surface area (Å²) in [6.45, 7) is 33.9. The second-order valence-corrected chi connectivity index (χ2v) is 29.9. The summed E-state index contributed by atoms with van der Waals surface area (Å²) in [5.41, 5.74) is 1.26. The van der Waals surface area contributed by atoms with E-state index in [1.54, 1.807) is 72.8 Å². The van der Waals surface area contributed by atoms with Crippen LogP contribution in [-0.4, -0.2) is 25.3 Å². The molecule has 0 aliphatic heterocycles. The summed E-state index contributed by atoms with van der Waals surface area (Å²) in [5, 5.41) is 0. The van der Waals surface area contributed by atoms with Crippen molar-refractivity contribution >= 4 is 55.0 Å². The lowest BCUT2D eigenvalue weighted by atomic mass is 9.74. The number of sulfonamides is 3.